The first-order valence-electron chi connectivity index (χ1n) is 21.4. The van der Waals surface area contributed by atoms with E-state index in [4.69, 9.17) is 21.1 Å². The molecule has 63 heavy (non-hydrogen) atoms. The quantitative estimate of drug-likeness (QED) is 0.161. The van der Waals surface area contributed by atoms with Gasteiger partial charge in [0.25, 0.3) is 5.91 Å². The van der Waals surface area contributed by atoms with Gasteiger partial charge in [0.05, 0.1) is 43.2 Å². The number of hydrogen-bond donors (Lipinski definition) is 3. The van der Waals surface area contributed by atoms with Crippen molar-refractivity contribution in [3.63, 3.8) is 0 Å². The highest BCUT2D eigenvalue weighted by Gasteiger charge is 2.40. The average molecular weight is 899 g/mol. The van der Waals surface area contributed by atoms with Crippen LogP contribution in [-0.2, 0) is 32.6 Å². The second kappa shape index (κ2) is 17.8. The maximum atomic E-state index is 13.2. The van der Waals surface area contributed by atoms with Crippen molar-refractivity contribution >= 4 is 73.9 Å². The van der Waals surface area contributed by atoms with Gasteiger partial charge in [-0.2, -0.15) is 4.98 Å². The number of carbonyl (C=O) groups is 3. The number of imide groups is 1. The van der Waals surface area contributed by atoms with Crippen molar-refractivity contribution in [2.45, 2.75) is 50.7 Å². The highest BCUT2D eigenvalue weighted by Crippen LogP contribution is 2.40. The van der Waals surface area contributed by atoms with Gasteiger partial charge in [-0.3, -0.25) is 33.8 Å². The Kier molecular flexibility index (Phi) is 12.1. The lowest BCUT2D eigenvalue weighted by atomic mass is 10.0. The van der Waals surface area contributed by atoms with Gasteiger partial charge in [0.2, 0.25) is 27.8 Å². The van der Waals surface area contributed by atoms with Gasteiger partial charge in [-0.25, -0.2) is 13.4 Å². The smallest absolute Gasteiger partial charge is 0.255 e. The monoisotopic (exact) mass is 898 g/mol. The minimum atomic E-state index is -3.46. The summed E-state index contributed by atoms with van der Waals surface area (Å²) in [5.74, 6) is 1.02. The number of amides is 3. The molecule has 1 unspecified atom stereocenters. The molecule has 3 fully saturated rings. The number of piperidine rings is 2. The zero-order valence-electron chi connectivity index (χ0n) is 35.3. The van der Waals surface area contributed by atoms with Crippen LogP contribution < -0.4 is 34.6 Å². The lowest BCUT2D eigenvalue weighted by Gasteiger charge is -2.43. The highest BCUT2D eigenvalue weighted by molar-refractivity contribution is 7.92. The molecule has 0 spiro atoms. The number of para-hydroxylation sites is 1. The number of carbonyl (C=O) groups excluding carboxylic acids is 3. The molecule has 1 aromatic heterocycles. The molecule has 0 aliphatic carbocycles. The molecular weight excluding hydrogens is 848 g/mol. The fraction of sp³-hybridized carbons (Fsp3) is 0.432. The Morgan fingerprint density at radius 2 is 1.68 bits per heavy atom. The molecule has 19 heteroatoms. The summed E-state index contributed by atoms with van der Waals surface area (Å²) in [6.45, 7) is 7.68. The van der Waals surface area contributed by atoms with E-state index in [9.17, 15) is 22.8 Å². The van der Waals surface area contributed by atoms with Crippen molar-refractivity contribution < 1.29 is 32.3 Å². The minimum Gasteiger partial charge on any atom is -0.494 e. The number of piperazine rings is 1. The zero-order chi connectivity index (χ0) is 43.8. The van der Waals surface area contributed by atoms with E-state index in [0.717, 1.165) is 75.5 Å². The number of fused-ring (bicyclic) bond motifs is 2. The number of anilines is 6. The molecule has 4 aromatic rings. The lowest BCUT2D eigenvalue weighted by Crippen LogP contribution is -2.53. The third-order valence-electron chi connectivity index (χ3n) is 12.7. The van der Waals surface area contributed by atoms with E-state index in [1.807, 2.05) is 42.5 Å². The molecule has 5 aliphatic rings. The number of hydrogen-bond acceptors (Lipinski definition) is 14. The topological polar surface area (TPSA) is 182 Å². The van der Waals surface area contributed by atoms with Crippen molar-refractivity contribution in [1.29, 1.82) is 0 Å². The normalized spacial score (nSPS) is 19.8. The molecule has 3 N–H and O–H groups in total. The number of ether oxygens (including phenoxy) is 2. The second-order valence-corrected chi connectivity index (χ2v) is 18.9. The minimum absolute atomic E-state index is 0.202. The largest absolute Gasteiger partial charge is 0.494 e. The molecular formula is C44H51ClN10O7S. The number of nitrogens with zero attached hydrogens (tertiary/aromatic N) is 7. The molecule has 3 saturated heterocycles. The van der Waals surface area contributed by atoms with E-state index in [1.54, 1.807) is 18.1 Å². The Labute approximate surface area is 371 Å². The highest BCUT2D eigenvalue weighted by atomic mass is 35.5. The first-order valence-corrected chi connectivity index (χ1v) is 23.6. The van der Waals surface area contributed by atoms with Gasteiger partial charge in [0.1, 0.15) is 29.2 Å². The van der Waals surface area contributed by atoms with Crippen LogP contribution in [0.2, 0.25) is 5.02 Å². The summed E-state index contributed by atoms with van der Waals surface area (Å²) in [4.78, 5) is 55.4. The van der Waals surface area contributed by atoms with Crippen molar-refractivity contribution in [1.82, 2.24) is 30.0 Å². The molecule has 5 aliphatic heterocycles. The SMILES string of the molecule is COc1cc(N2CCC(N3CCN(CCOc4cccc5c4CN(C4CCC(=O)NC4=O)C5=O)CC3)CC2)ccc1Nc1ncc(Cl)c(Nc2cccc3c2N(S(C)(=O)=O)CC3)n1. The maximum absolute atomic E-state index is 13.2. The number of nitrogens with one attached hydrogen (secondary N) is 3. The van der Waals surface area contributed by atoms with Gasteiger partial charge in [-0.15, -0.1) is 0 Å². The summed E-state index contributed by atoms with van der Waals surface area (Å²) in [5.41, 5.74) is 5.24. The van der Waals surface area contributed by atoms with Gasteiger partial charge in [-0.05, 0) is 61.6 Å². The van der Waals surface area contributed by atoms with Gasteiger partial charge in [0.15, 0.2) is 5.82 Å². The van der Waals surface area contributed by atoms with Crippen molar-refractivity contribution in [2.24, 2.45) is 0 Å². The lowest BCUT2D eigenvalue weighted by molar-refractivity contribution is -0.136. The molecule has 9 rings (SSSR count). The standard InChI is InChI=1S/C44H51ClN10O7S/c1-61-38-25-30(9-10-34(38)48-44-46-26-33(45)41(50-44)47-35-7-3-5-28-13-18-55(40(28)35)63(2,59)60)52-16-14-29(15-17-52)53-21-19-51(20-22-53)23-24-62-37-8-4-6-31-32(37)27-54(43(31)58)36-11-12-39(56)49-42(36)57/h3-10,25-26,29,36H,11-24,27H2,1-2H3,(H,49,56,57)(H2,46,47,48,50). The summed E-state index contributed by atoms with van der Waals surface area (Å²) in [6, 6.07) is 17.0. The van der Waals surface area contributed by atoms with E-state index in [2.05, 4.69) is 46.7 Å². The molecule has 3 aromatic carbocycles. The van der Waals surface area contributed by atoms with E-state index in [-0.39, 0.29) is 23.3 Å². The van der Waals surface area contributed by atoms with Gasteiger partial charge < -0.3 is 29.9 Å². The Hall–Kier alpha value is -5.69. The third kappa shape index (κ3) is 8.94. The first kappa shape index (κ1) is 42.6. The van der Waals surface area contributed by atoms with Gasteiger partial charge in [-0.1, -0.05) is 29.8 Å². The van der Waals surface area contributed by atoms with Crippen molar-refractivity contribution in [2.75, 3.05) is 92.2 Å². The zero-order valence-corrected chi connectivity index (χ0v) is 36.9. The van der Waals surface area contributed by atoms with E-state index >= 15 is 0 Å². The van der Waals surface area contributed by atoms with Gasteiger partial charge >= 0.3 is 0 Å². The number of aromatic nitrogens is 2. The van der Waals surface area contributed by atoms with Crippen LogP contribution >= 0.6 is 11.6 Å². The van der Waals surface area contributed by atoms with Crippen LogP contribution in [0.25, 0.3) is 0 Å². The Balaban J connectivity index is 0.747. The molecule has 1 atom stereocenters. The predicted octanol–water partition coefficient (Wildman–Crippen LogP) is 4.37. The fourth-order valence-electron chi connectivity index (χ4n) is 9.42. The van der Waals surface area contributed by atoms with Crippen LogP contribution in [0.4, 0.5) is 34.5 Å². The number of benzene rings is 3. The molecule has 0 radical (unpaired) electrons. The number of rotatable bonds is 13. The molecule has 0 saturated carbocycles. The van der Waals surface area contributed by atoms with Crippen LogP contribution in [0.1, 0.15) is 47.2 Å². The summed E-state index contributed by atoms with van der Waals surface area (Å²) in [5, 5.41) is 9.16. The summed E-state index contributed by atoms with van der Waals surface area (Å²) < 4.78 is 38.5. The van der Waals surface area contributed by atoms with Crippen LogP contribution in [-0.4, -0.2) is 135 Å². The number of methoxy groups -OCH3 is 1. The second-order valence-electron chi connectivity index (χ2n) is 16.5. The average Bonchev–Trinajstić information content (AvgIpc) is 3.88. The molecule has 0 bridgehead atoms. The first-order chi connectivity index (χ1) is 30.4. The third-order valence-corrected chi connectivity index (χ3v) is 14.2. The molecule has 17 nitrogen and oxygen atoms in total. The predicted molar refractivity (Wildman–Crippen MR) is 240 cm³/mol. The Bertz CT molecular complexity index is 2530. The van der Waals surface area contributed by atoms with Crippen LogP contribution in [0.3, 0.4) is 0 Å². The van der Waals surface area contributed by atoms with E-state index in [1.165, 1.54) is 16.8 Å². The summed E-state index contributed by atoms with van der Waals surface area (Å²) in [6.07, 6.45) is 5.98. The van der Waals surface area contributed by atoms with Crippen molar-refractivity contribution in [3.8, 4) is 11.5 Å². The van der Waals surface area contributed by atoms with Crippen molar-refractivity contribution in [3.05, 3.63) is 82.5 Å². The summed E-state index contributed by atoms with van der Waals surface area (Å²) >= 11 is 6.53. The van der Waals surface area contributed by atoms with E-state index < -0.39 is 22.0 Å². The Morgan fingerprint density at radius 1 is 0.889 bits per heavy atom. The number of halogens is 1. The van der Waals surface area contributed by atoms with Crippen LogP contribution in [0.5, 0.6) is 11.5 Å². The molecule has 6 heterocycles. The van der Waals surface area contributed by atoms with Crippen LogP contribution in [0.15, 0.2) is 60.8 Å². The fourth-order valence-corrected chi connectivity index (χ4v) is 10.5. The molecule has 332 valence electrons. The van der Waals surface area contributed by atoms with Crippen LogP contribution in [0, 0.1) is 0 Å². The van der Waals surface area contributed by atoms with Gasteiger partial charge in [0, 0.05) is 87.7 Å². The Morgan fingerprint density at radius 3 is 2.44 bits per heavy atom. The molecule has 3 amide bonds. The number of sulfonamides is 1. The summed E-state index contributed by atoms with van der Waals surface area (Å²) in [7, 11) is -1.83. The maximum Gasteiger partial charge on any atom is 0.255 e. The van der Waals surface area contributed by atoms with E-state index in [0.29, 0.717) is 84.5 Å².